The molecule has 5 aromatic rings. The molecule has 71 heavy (non-hydrogen) atoms. The number of anilines is 5. The zero-order valence-electron chi connectivity index (χ0n) is 41.4. The fourth-order valence-electron chi connectivity index (χ4n) is 12.4. The van der Waals surface area contributed by atoms with Gasteiger partial charge in [0.05, 0.1) is 25.1 Å². The lowest BCUT2D eigenvalue weighted by atomic mass is 9.90. The van der Waals surface area contributed by atoms with Gasteiger partial charge in [0.15, 0.2) is 0 Å². The van der Waals surface area contributed by atoms with Gasteiger partial charge in [-0.25, -0.2) is 15.0 Å². The number of hydrogen-bond donors (Lipinski definition) is 3. The lowest BCUT2D eigenvalue weighted by molar-refractivity contribution is -0.136. The van der Waals surface area contributed by atoms with E-state index >= 15 is 0 Å². The van der Waals surface area contributed by atoms with Crippen LogP contribution in [0.15, 0.2) is 67.1 Å². The van der Waals surface area contributed by atoms with Gasteiger partial charge in [-0.3, -0.25) is 34.3 Å². The van der Waals surface area contributed by atoms with Crippen molar-refractivity contribution in [2.24, 2.45) is 5.41 Å². The molecule has 0 saturated carbocycles. The molecule has 3 saturated heterocycles. The van der Waals surface area contributed by atoms with Gasteiger partial charge in [0.2, 0.25) is 17.7 Å². The number of rotatable bonds is 10. The van der Waals surface area contributed by atoms with E-state index in [0.29, 0.717) is 78.2 Å². The maximum absolute atomic E-state index is 14.1. The Labute approximate surface area is 414 Å². The van der Waals surface area contributed by atoms with E-state index < -0.39 is 18.1 Å². The molecule has 370 valence electrons. The van der Waals surface area contributed by atoms with E-state index in [1.807, 2.05) is 36.5 Å². The minimum atomic E-state index is -0.922. The zero-order valence-corrected chi connectivity index (χ0v) is 41.4. The summed E-state index contributed by atoms with van der Waals surface area (Å²) in [4.78, 5) is 76.8. The van der Waals surface area contributed by atoms with Crippen LogP contribution in [0.4, 0.5) is 28.7 Å². The molecule has 0 bridgehead atoms. The van der Waals surface area contributed by atoms with Gasteiger partial charge in [-0.15, -0.1) is 0 Å². The number of nitrogens with zero attached hydrogens (tertiary/aromatic N) is 9. The molecule has 3 fully saturated rings. The highest BCUT2D eigenvalue weighted by Gasteiger charge is 2.41. The number of methoxy groups -OCH3 is 1. The summed E-state index contributed by atoms with van der Waals surface area (Å²) in [5.74, 6) is 0.532. The van der Waals surface area contributed by atoms with Crippen molar-refractivity contribution in [1.29, 1.82) is 0 Å². The van der Waals surface area contributed by atoms with Crippen molar-refractivity contribution < 1.29 is 29.0 Å². The average molecular weight is 962 g/mol. The van der Waals surface area contributed by atoms with Crippen LogP contribution >= 0.6 is 0 Å². The number of imide groups is 1. The quantitative estimate of drug-likeness (QED) is 0.134. The summed E-state index contributed by atoms with van der Waals surface area (Å²) >= 11 is 0. The monoisotopic (exact) mass is 961 g/mol. The molecule has 17 heteroatoms. The minimum absolute atomic E-state index is 0.111. The third-order valence-electron chi connectivity index (χ3n) is 15.8. The van der Waals surface area contributed by atoms with Crippen LogP contribution in [0.5, 0.6) is 5.88 Å². The fraction of sp³-hybridized carbons (Fsp3) is 0.463. The lowest BCUT2D eigenvalue weighted by Gasteiger charge is -2.48. The topological polar surface area (TPSA) is 182 Å². The minimum Gasteiger partial charge on any atom is -0.480 e. The number of nitrogens with one attached hydrogen (secondary N) is 2. The Hall–Kier alpha value is -6.85. The van der Waals surface area contributed by atoms with E-state index in [9.17, 15) is 24.3 Å². The zero-order chi connectivity index (χ0) is 49.5. The van der Waals surface area contributed by atoms with E-state index in [1.54, 1.807) is 36.2 Å². The van der Waals surface area contributed by atoms with E-state index in [4.69, 9.17) is 14.7 Å². The van der Waals surface area contributed by atoms with Gasteiger partial charge in [-0.2, -0.15) is 0 Å². The molecule has 4 amide bonds. The number of aliphatic hydroxyl groups excluding tert-OH is 1. The number of aliphatic hydroxyl groups is 1. The molecule has 1 unspecified atom stereocenters. The number of hydrogen-bond acceptors (Lipinski definition) is 13. The number of pyridine rings is 3. The second kappa shape index (κ2) is 18.1. The smallest absolute Gasteiger partial charge is 0.276 e. The fourth-order valence-corrected chi connectivity index (χ4v) is 12.4. The molecule has 9 heterocycles. The van der Waals surface area contributed by atoms with Gasteiger partial charge >= 0.3 is 0 Å². The van der Waals surface area contributed by atoms with Gasteiger partial charge in [-0.1, -0.05) is 13.8 Å². The summed E-state index contributed by atoms with van der Waals surface area (Å²) in [6.07, 6.45) is 8.95. The maximum atomic E-state index is 14.1. The first-order valence-electron chi connectivity index (χ1n) is 25.2. The van der Waals surface area contributed by atoms with Gasteiger partial charge in [0.25, 0.3) is 11.8 Å². The highest BCUT2D eigenvalue weighted by atomic mass is 16.5. The van der Waals surface area contributed by atoms with Gasteiger partial charge in [0, 0.05) is 111 Å². The van der Waals surface area contributed by atoms with Crippen molar-refractivity contribution >= 4 is 52.3 Å². The van der Waals surface area contributed by atoms with Crippen molar-refractivity contribution in [3.05, 3.63) is 101 Å². The normalized spacial score (nSPS) is 23.6. The van der Waals surface area contributed by atoms with E-state index in [1.165, 1.54) is 11.3 Å². The molecule has 17 nitrogen and oxygen atoms in total. The Morgan fingerprint density at radius 2 is 1.63 bits per heavy atom. The van der Waals surface area contributed by atoms with Crippen LogP contribution in [0.3, 0.4) is 0 Å². The lowest BCUT2D eigenvalue weighted by Crippen LogP contribution is -2.58. The summed E-state index contributed by atoms with van der Waals surface area (Å²) in [6, 6.07) is 16.4. The first kappa shape index (κ1) is 46.5. The van der Waals surface area contributed by atoms with Crippen LogP contribution in [-0.2, 0) is 35.5 Å². The molecule has 3 N–H and O–H groups in total. The number of amides is 4. The number of fused-ring (bicyclic) bond motifs is 4. The van der Waals surface area contributed by atoms with Crippen LogP contribution < -0.4 is 30.1 Å². The summed E-state index contributed by atoms with van der Waals surface area (Å²) in [6.45, 7) is 16.0. The van der Waals surface area contributed by atoms with Gasteiger partial charge in [0.1, 0.15) is 29.1 Å². The molecule has 1 aromatic carbocycles. The molecule has 1 aliphatic carbocycles. The Bertz CT molecular complexity index is 2950. The molecule has 0 spiro atoms. The first-order valence-corrected chi connectivity index (χ1v) is 25.2. The van der Waals surface area contributed by atoms with Crippen LogP contribution in [0.25, 0.3) is 11.1 Å². The SMILES string of the molecule is COc1ncc(-c2ccnc(N3CCn4c(cc5c4CC(C)(C)C5)C3=O)c2[C@H](C)O)cc1Nc1ccc(N2CCN(C3CCN(c4ccc5c(c4)CN([C@H]4CCC(=O)NC4=O)C5=O)[C@H](C)C3)C[C@@H]2C)cn1. The first-order chi connectivity index (χ1) is 34.1. The van der Waals surface area contributed by atoms with Crippen molar-refractivity contribution in [3.63, 3.8) is 0 Å². The second-order valence-corrected chi connectivity index (χ2v) is 21.2. The Balaban J connectivity index is 0.728. The summed E-state index contributed by atoms with van der Waals surface area (Å²) in [5.41, 5.74) is 9.70. The molecular formula is C54H63N11O6. The number of piperidine rings is 2. The standard InChI is InChI=1S/C54H63N11O6/c1-31-21-37(14-16-61(31)38-7-9-41-36(22-38)30-65(52(41)69)43-10-12-47(67)59-50(43)68)60-17-18-62(32(2)29-60)39-8-11-46(56-28-39)58-42-23-35(27-57-51(42)71-6)40-13-15-55-49(48(40)33(3)66)64-20-19-63-44(53(64)70)24-34-25-54(4,5)26-45(34)63/h7-9,11,13,15,22-24,27-28,31-33,37,43,66H,10,12,14,16-21,25-26,29-30H2,1-6H3,(H,56,58)(H,59,67,68)/t31-,32+,33+,37?,43+/m1/s1. The van der Waals surface area contributed by atoms with Crippen LogP contribution in [0.2, 0.25) is 0 Å². The van der Waals surface area contributed by atoms with Crippen molar-refractivity contribution in [2.75, 3.05) is 59.9 Å². The second-order valence-electron chi connectivity index (χ2n) is 21.2. The summed E-state index contributed by atoms with van der Waals surface area (Å²) in [7, 11) is 1.58. The molecule has 6 aliphatic rings. The largest absolute Gasteiger partial charge is 0.480 e. The predicted molar refractivity (Wildman–Crippen MR) is 270 cm³/mol. The van der Waals surface area contributed by atoms with Crippen LogP contribution in [0, 0.1) is 5.41 Å². The van der Waals surface area contributed by atoms with Gasteiger partial charge < -0.3 is 34.4 Å². The maximum Gasteiger partial charge on any atom is 0.276 e. The Morgan fingerprint density at radius 3 is 2.38 bits per heavy atom. The third-order valence-corrected chi connectivity index (χ3v) is 15.8. The predicted octanol–water partition coefficient (Wildman–Crippen LogP) is 6.26. The number of carbonyl (C=O) groups is 4. The Kier molecular flexibility index (Phi) is 11.8. The average Bonchev–Trinajstić information content (AvgIpc) is 3.97. The number of benzene rings is 1. The van der Waals surface area contributed by atoms with E-state index in [-0.39, 0.29) is 35.6 Å². The molecule has 4 aromatic heterocycles. The van der Waals surface area contributed by atoms with Crippen LogP contribution in [-0.4, -0.2) is 122 Å². The van der Waals surface area contributed by atoms with Gasteiger partial charge in [-0.05, 0) is 124 Å². The highest BCUT2D eigenvalue weighted by molar-refractivity contribution is 6.07. The molecule has 0 radical (unpaired) electrons. The number of ether oxygens (including phenoxy) is 1. The highest BCUT2D eigenvalue weighted by Crippen LogP contribution is 2.42. The molecule has 5 atom stereocenters. The van der Waals surface area contributed by atoms with Crippen LogP contribution in [0.1, 0.15) is 110 Å². The Morgan fingerprint density at radius 1 is 0.817 bits per heavy atom. The van der Waals surface area contributed by atoms with E-state index in [2.05, 4.69) is 80.8 Å². The molecule has 5 aliphatic heterocycles. The summed E-state index contributed by atoms with van der Waals surface area (Å²) < 4.78 is 7.88. The summed E-state index contributed by atoms with van der Waals surface area (Å²) in [5, 5.41) is 17.1. The molecular weight excluding hydrogens is 899 g/mol. The number of carbonyl (C=O) groups excluding carboxylic acids is 4. The van der Waals surface area contributed by atoms with E-state index in [0.717, 1.165) is 79.9 Å². The van der Waals surface area contributed by atoms with Crippen molar-refractivity contribution in [3.8, 4) is 17.0 Å². The number of piperazine rings is 1. The van der Waals surface area contributed by atoms with Crippen molar-refractivity contribution in [1.82, 2.24) is 34.6 Å². The molecule has 11 rings (SSSR count). The third kappa shape index (κ3) is 8.45. The number of aromatic nitrogens is 4. The van der Waals surface area contributed by atoms with Crippen molar-refractivity contribution in [2.45, 2.75) is 117 Å².